The van der Waals surface area contributed by atoms with Gasteiger partial charge in [-0.05, 0) is 36.6 Å². The molecule has 1 N–H and O–H groups in total. The highest BCUT2D eigenvalue weighted by atomic mass is 32.2. The zero-order valence-electron chi connectivity index (χ0n) is 15.9. The van der Waals surface area contributed by atoms with E-state index in [1.807, 2.05) is 67.6 Å². The molecule has 5 heteroatoms. The van der Waals surface area contributed by atoms with Crippen molar-refractivity contribution < 1.29 is 13.5 Å². The van der Waals surface area contributed by atoms with Gasteiger partial charge < -0.3 is 5.11 Å². The molecule has 0 spiro atoms. The quantitative estimate of drug-likeness (QED) is 0.631. The first kappa shape index (κ1) is 20.3. The second kappa shape index (κ2) is 9.15. The van der Waals surface area contributed by atoms with Crippen LogP contribution < -0.4 is 0 Å². The monoisotopic (exact) mass is 395 g/mol. The number of aryl methyl sites for hydroxylation is 1. The minimum absolute atomic E-state index is 0.203. The van der Waals surface area contributed by atoms with Crippen LogP contribution in [-0.2, 0) is 23.0 Å². The highest BCUT2D eigenvalue weighted by Crippen LogP contribution is 2.23. The smallest absolute Gasteiger partial charge is 0.243 e. The lowest BCUT2D eigenvalue weighted by Gasteiger charge is -2.30. The van der Waals surface area contributed by atoms with E-state index in [0.29, 0.717) is 6.42 Å². The maximum absolute atomic E-state index is 13.5. The predicted octanol–water partition coefficient (Wildman–Crippen LogP) is 3.79. The second-order valence-corrected chi connectivity index (χ2v) is 8.77. The normalized spacial score (nSPS) is 12.8. The van der Waals surface area contributed by atoms with E-state index < -0.39 is 16.1 Å². The van der Waals surface area contributed by atoms with Crippen LogP contribution in [0.15, 0.2) is 89.8 Å². The average Bonchev–Trinajstić information content (AvgIpc) is 2.72. The van der Waals surface area contributed by atoms with E-state index in [1.54, 1.807) is 24.3 Å². The van der Waals surface area contributed by atoms with Crippen molar-refractivity contribution in [1.82, 2.24) is 4.31 Å². The van der Waals surface area contributed by atoms with Crippen LogP contribution in [0.2, 0.25) is 0 Å². The molecule has 28 heavy (non-hydrogen) atoms. The van der Waals surface area contributed by atoms with Crippen molar-refractivity contribution in [2.45, 2.75) is 30.8 Å². The van der Waals surface area contributed by atoms with E-state index >= 15 is 0 Å². The zero-order valence-corrected chi connectivity index (χ0v) is 16.7. The molecule has 3 aromatic rings. The standard InChI is InChI=1S/C23H25NO3S/c1-19-12-14-23(15-13-19)28(26,27)24(17-21-10-6-3-7-11-21)22(18-25)16-20-8-4-2-5-9-20/h2-15,22,25H,16-18H2,1H3/t22-/m0/s1. The Morgan fingerprint density at radius 3 is 1.89 bits per heavy atom. The molecule has 4 nitrogen and oxygen atoms in total. The first-order chi connectivity index (χ1) is 13.5. The van der Waals surface area contributed by atoms with Crippen molar-refractivity contribution in [3.05, 3.63) is 102 Å². The Balaban J connectivity index is 1.99. The van der Waals surface area contributed by atoms with Crippen molar-refractivity contribution in [1.29, 1.82) is 0 Å². The van der Waals surface area contributed by atoms with Crippen LogP contribution in [0.5, 0.6) is 0 Å². The number of aliphatic hydroxyl groups excluding tert-OH is 1. The molecule has 0 fully saturated rings. The third-order valence-corrected chi connectivity index (χ3v) is 6.65. The molecule has 0 bridgehead atoms. The van der Waals surface area contributed by atoms with E-state index in [9.17, 15) is 13.5 Å². The first-order valence-corrected chi connectivity index (χ1v) is 10.7. The molecule has 0 saturated carbocycles. The zero-order chi connectivity index (χ0) is 20.0. The Morgan fingerprint density at radius 2 is 1.36 bits per heavy atom. The van der Waals surface area contributed by atoms with Crippen molar-refractivity contribution in [3.8, 4) is 0 Å². The summed E-state index contributed by atoms with van der Waals surface area (Å²) in [5, 5.41) is 10.1. The van der Waals surface area contributed by atoms with Gasteiger partial charge >= 0.3 is 0 Å². The number of benzene rings is 3. The summed E-state index contributed by atoms with van der Waals surface area (Å²) in [6, 6.07) is 25.4. The molecule has 3 rings (SSSR count). The van der Waals surface area contributed by atoms with Crippen LogP contribution in [0.25, 0.3) is 0 Å². The van der Waals surface area contributed by atoms with Gasteiger partial charge in [-0.2, -0.15) is 4.31 Å². The Bertz CT molecular complexity index is 971. The van der Waals surface area contributed by atoms with Crippen LogP contribution in [0.4, 0.5) is 0 Å². The molecule has 1 atom stereocenters. The topological polar surface area (TPSA) is 57.6 Å². The minimum Gasteiger partial charge on any atom is -0.395 e. The summed E-state index contributed by atoms with van der Waals surface area (Å²) in [5.74, 6) is 0. The van der Waals surface area contributed by atoms with Gasteiger partial charge in [0, 0.05) is 6.54 Å². The van der Waals surface area contributed by atoms with Crippen molar-refractivity contribution in [3.63, 3.8) is 0 Å². The van der Waals surface area contributed by atoms with Gasteiger partial charge in [-0.15, -0.1) is 0 Å². The predicted molar refractivity (Wildman–Crippen MR) is 111 cm³/mol. The number of hydrogen-bond donors (Lipinski definition) is 1. The Morgan fingerprint density at radius 1 is 0.821 bits per heavy atom. The number of hydrogen-bond acceptors (Lipinski definition) is 3. The van der Waals surface area contributed by atoms with Crippen molar-refractivity contribution >= 4 is 10.0 Å². The maximum Gasteiger partial charge on any atom is 0.243 e. The summed E-state index contributed by atoms with van der Waals surface area (Å²) in [4.78, 5) is 0.237. The third kappa shape index (κ3) is 4.87. The van der Waals surface area contributed by atoms with Gasteiger partial charge in [-0.25, -0.2) is 8.42 Å². The second-order valence-electron chi connectivity index (χ2n) is 6.88. The number of rotatable bonds is 8. The highest BCUT2D eigenvalue weighted by molar-refractivity contribution is 7.89. The van der Waals surface area contributed by atoms with Gasteiger partial charge in [-0.3, -0.25) is 0 Å². The van der Waals surface area contributed by atoms with Crippen LogP contribution >= 0.6 is 0 Å². The Hall–Kier alpha value is -2.47. The van der Waals surface area contributed by atoms with E-state index in [0.717, 1.165) is 16.7 Å². The molecule has 146 valence electrons. The number of aliphatic hydroxyl groups is 1. The number of nitrogens with zero attached hydrogens (tertiary/aromatic N) is 1. The van der Waals surface area contributed by atoms with Crippen LogP contribution in [0, 0.1) is 6.92 Å². The largest absolute Gasteiger partial charge is 0.395 e. The number of sulfonamides is 1. The maximum atomic E-state index is 13.5. The minimum atomic E-state index is -3.77. The van der Waals surface area contributed by atoms with Gasteiger partial charge in [0.25, 0.3) is 0 Å². The van der Waals surface area contributed by atoms with Crippen molar-refractivity contribution in [2.24, 2.45) is 0 Å². The summed E-state index contributed by atoms with van der Waals surface area (Å²) in [6.45, 7) is 1.87. The van der Waals surface area contributed by atoms with Gasteiger partial charge in [0.1, 0.15) is 0 Å². The fraction of sp³-hybridized carbons (Fsp3) is 0.217. The van der Waals surface area contributed by atoms with Crippen LogP contribution in [0.3, 0.4) is 0 Å². The fourth-order valence-electron chi connectivity index (χ4n) is 3.16. The summed E-state index contributed by atoms with van der Waals surface area (Å²) in [6.07, 6.45) is 0.440. The van der Waals surface area contributed by atoms with Gasteiger partial charge in [0.2, 0.25) is 10.0 Å². The molecule has 0 aliphatic rings. The molecule has 0 unspecified atom stereocenters. The summed E-state index contributed by atoms with van der Waals surface area (Å²) in [5.41, 5.74) is 2.86. The average molecular weight is 396 g/mol. The van der Waals surface area contributed by atoms with Gasteiger partial charge in [-0.1, -0.05) is 78.4 Å². The van der Waals surface area contributed by atoms with E-state index in [-0.39, 0.29) is 18.0 Å². The lowest BCUT2D eigenvalue weighted by Crippen LogP contribution is -2.43. The van der Waals surface area contributed by atoms with Gasteiger partial charge in [0.15, 0.2) is 0 Å². The van der Waals surface area contributed by atoms with E-state index in [2.05, 4.69) is 0 Å². The Labute approximate surface area is 167 Å². The molecule has 3 aromatic carbocycles. The first-order valence-electron chi connectivity index (χ1n) is 9.28. The molecule has 0 aliphatic carbocycles. The van der Waals surface area contributed by atoms with Crippen LogP contribution in [0.1, 0.15) is 16.7 Å². The molecule has 0 heterocycles. The summed E-state index contributed by atoms with van der Waals surface area (Å²) in [7, 11) is -3.77. The fourth-order valence-corrected chi connectivity index (χ4v) is 4.77. The molecule has 0 aliphatic heterocycles. The van der Waals surface area contributed by atoms with Crippen molar-refractivity contribution in [2.75, 3.05) is 6.61 Å². The lowest BCUT2D eigenvalue weighted by atomic mass is 10.1. The molecule has 0 radical (unpaired) electrons. The van der Waals surface area contributed by atoms with Gasteiger partial charge in [0.05, 0.1) is 17.5 Å². The molecular formula is C23H25NO3S. The summed E-state index contributed by atoms with van der Waals surface area (Å²) < 4.78 is 28.3. The van der Waals surface area contributed by atoms with E-state index in [1.165, 1.54) is 4.31 Å². The Kier molecular flexibility index (Phi) is 6.62. The lowest BCUT2D eigenvalue weighted by molar-refractivity contribution is 0.182. The molecular weight excluding hydrogens is 370 g/mol. The van der Waals surface area contributed by atoms with E-state index in [4.69, 9.17) is 0 Å². The molecule has 0 aromatic heterocycles. The van der Waals surface area contributed by atoms with Crippen LogP contribution in [-0.4, -0.2) is 30.5 Å². The summed E-state index contributed by atoms with van der Waals surface area (Å²) >= 11 is 0. The molecule has 0 saturated heterocycles. The SMILES string of the molecule is Cc1ccc(S(=O)(=O)N(Cc2ccccc2)[C@H](CO)Cc2ccccc2)cc1. The highest BCUT2D eigenvalue weighted by Gasteiger charge is 2.31. The third-order valence-electron chi connectivity index (χ3n) is 4.74. The molecule has 0 amide bonds.